The SMILES string of the molecule is Cc1cc(-n2ccnc2)c2cccc(OCc3c(Cl)cncc3CN3CCCC(C)C3=O)c2n1. The number of aryl methyl sites for hydroxylation is 1. The summed E-state index contributed by atoms with van der Waals surface area (Å²) in [7, 11) is 0. The van der Waals surface area contributed by atoms with Crippen LogP contribution in [0.4, 0.5) is 0 Å². The summed E-state index contributed by atoms with van der Waals surface area (Å²) in [6, 6.07) is 7.93. The summed E-state index contributed by atoms with van der Waals surface area (Å²) in [6.45, 7) is 5.43. The van der Waals surface area contributed by atoms with Crippen LogP contribution in [0.15, 0.2) is 55.4 Å². The van der Waals surface area contributed by atoms with Crippen molar-refractivity contribution < 1.29 is 9.53 Å². The molecule has 8 heteroatoms. The molecule has 1 amide bonds. The molecule has 3 aromatic heterocycles. The number of aromatic nitrogens is 4. The van der Waals surface area contributed by atoms with Gasteiger partial charge in [0.25, 0.3) is 0 Å². The summed E-state index contributed by atoms with van der Waals surface area (Å²) in [5.74, 6) is 0.901. The smallest absolute Gasteiger partial charge is 0.225 e. The maximum Gasteiger partial charge on any atom is 0.225 e. The summed E-state index contributed by atoms with van der Waals surface area (Å²) in [5.41, 5.74) is 4.39. The maximum absolute atomic E-state index is 12.6. The molecule has 1 aromatic carbocycles. The molecule has 5 rings (SSSR count). The second-order valence-electron chi connectivity index (χ2n) is 8.76. The van der Waals surface area contributed by atoms with Gasteiger partial charge in [-0.2, -0.15) is 0 Å². The van der Waals surface area contributed by atoms with Gasteiger partial charge in [-0.25, -0.2) is 9.97 Å². The number of amides is 1. The van der Waals surface area contributed by atoms with Gasteiger partial charge < -0.3 is 14.2 Å². The van der Waals surface area contributed by atoms with Crippen LogP contribution in [0.2, 0.25) is 5.02 Å². The average Bonchev–Trinajstić information content (AvgIpc) is 3.36. The van der Waals surface area contributed by atoms with Crippen LogP contribution in [0.25, 0.3) is 16.6 Å². The molecule has 4 aromatic rings. The van der Waals surface area contributed by atoms with E-state index in [0.717, 1.165) is 52.8 Å². The lowest BCUT2D eigenvalue weighted by molar-refractivity contribution is -0.138. The number of para-hydroxylation sites is 1. The highest BCUT2D eigenvalue weighted by Crippen LogP contribution is 2.31. The lowest BCUT2D eigenvalue weighted by Gasteiger charge is -2.31. The Bertz CT molecular complexity index is 1340. The van der Waals surface area contributed by atoms with Crippen molar-refractivity contribution in [3.63, 3.8) is 0 Å². The van der Waals surface area contributed by atoms with Crippen LogP contribution in [0.1, 0.15) is 36.6 Å². The predicted molar refractivity (Wildman–Crippen MR) is 131 cm³/mol. The predicted octanol–water partition coefficient (Wildman–Crippen LogP) is 5.11. The first-order chi connectivity index (χ1) is 16.5. The standard InChI is InChI=1S/C26H26ClN5O2/c1-17-5-4-9-31(26(17)33)14-19-12-29-13-22(27)21(19)15-34-24-7-3-6-20-23(32-10-8-28-16-32)11-18(2)30-25(20)24/h3,6-8,10-13,16-17H,4-5,9,14-15H2,1-2H3. The minimum Gasteiger partial charge on any atom is -0.487 e. The van der Waals surface area contributed by atoms with Crippen molar-refractivity contribution in [1.29, 1.82) is 0 Å². The van der Waals surface area contributed by atoms with Crippen molar-refractivity contribution in [2.45, 2.75) is 39.8 Å². The molecule has 7 nitrogen and oxygen atoms in total. The molecule has 0 bridgehead atoms. The quantitative estimate of drug-likeness (QED) is 0.387. The van der Waals surface area contributed by atoms with Crippen molar-refractivity contribution in [3.05, 3.63) is 77.2 Å². The van der Waals surface area contributed by atoms with Gasteiger partial charge in [0.05, 0.1) is 17.0 Å². The number of likely N-dealkylation sites (tertiary alicyclic amines) is 1. The zero-order valence-corrected chi connectivity index (χ0v) is 20.0. The number of hydrogen-bond donors (Lipinski definition) is 0. The molecule has 4 heterocycles. The molecular formula is C26H26ClN5O2. The summed E-state index contributed by atoms with van der Waals surface area (Å²) in [5, 5.41) is 1.49. The number of nitrogens with zero attached hydrogens (tertiary/aromatic N) is 5. The molecule has 0 spiro atoms. The molecule has 1 fully saturated rings. The molecule has 1 aliphatic heterocycles. The van der Waals surface area contributed by atoms with Gasteiger partial charge in [-0.05, 0) is 37.5 Å². The summed E-state index contributed by atoms with van der Waals surface area (Å²) >= 11 is 6.54. The van der Waals surface area contributed by atoms with Gasteiger partial charge >= 0.3 is 0 Å². The number of carbonyl (C=O) groups is 1. The Hall–Kier alpha value is -3.45. The van der Waals surface area contributed by atoms with Gasteiger partial charge in [0.2, 0.25) is 5.91 Å². The van der Waals surface area contributed by atoms with E-state index in [1.54, 1.807) is 24.9 Å². The van der Waals surface area contributed by atoms with Crippen molar-refractivity contribution in [2.24, 2.45) is 5.92 Å². The highest BCUT2D eigenvalue weighted by atomic mass is 35.5. The molecule has 1 unspecified atom stereocenters. The Balaban J connectivity index is 1.45. The van der Waals surface area contributed by atoms with Crippen molar-refractivity contribution in [3.8, 4) is 11.4 Å². The Kier molecular flexibility index (Phi) is 6.20. The van der Waals surface area contributed by atoms with Crippen LogP contribution in [-0.2, 0) is 17.9 Å². The topological polar surface area (TPSA) is 73.1 Å². The Morgan fingerprint density at radius 2 is 2.12 bits per heavy atom. The van der Waals surface area contributed by atoms with E-state index in [1.807, 2.05) is 53.8 Å². The summed E-state index contributed by atoms with van der Waals surface area (Å²) in [4.78, 5) is 27.7. The van der Waals surface area contributed by atoms with Crippen LogP contribution in [0.3, 0.4) is 0 Å². The van der Waals surface area contributed by atoms with Crippen molar-refractivity contribution in [2.75, 3.05) is 6.54 Å². The minimum atomic E-state index is 0.0512. The Morgan fingerprint density at radius 1 is 1.24 bits per heavy atom. The van der Waals surface area contributed by atoms with E-state index in [4.69, 9.17) is 21.3 Å². The molecule has 1 aliphatic rings. The fraction of sp³-hybridized carbons (Fsp3) is 0.308. The Morgan fingerprint density at radius 3 is 2.94 bits per heavy atom. The molecule has 0 aliphatic carbocycles. The number of fused-ring (bicyclic) bond motifs is 1. The van der Waals surface area contributed by atoms with E-state index in [-0.39, 0.29) is 18.4 Å². The fourth-order valence-corrected chi connectivity index (χ4v) is 4.74. The summed E-state index contributed by atoms with van der Waals surface area (Å²) in [6.07, 6.45) is 10.8. The molecular weight excluding hydrogens is 450 g/mol. The molecule has 1 atom stereocenters. The van der Waals surface area contributed by atoms with Crippen molar-refractivity contribution >= 4 is 28.4 Å². The fourth-order valence-electron chi connectivity index (χ4n) is 4.51. The minimum absolute atomic E-state index is 0.0512. The highest BCUT2D eigenvalue weighted by molar-refractivity contribution is 6.31. The highest BCUT2D eigenvalue weighted by Gasteiger charge is 2.26. The van der Waals surface area contributed by atoms with Gasteiger partial charge in [0.15, 0.2) is 0 Å². The number of carbonyl (C=O) groups excluding carboxylic acids is 1. The van der Waals surface area contributed by atoms with Gasteiger partial charge in [0, 0.05) is 60.4 Å². The number of halogens is 1. The van der Waals surface area contributed by atoms with E-state index in [1.165, 1.54) is 0 Å². The Labute approximate surface area is 203 Å². The molecule has 0 saturated carbocycles. The van der Waals surface area contributed by atoms with Crippen LogP contribution in [-0.4, -0.2) is 36.9 Å². The lowest BCUT2D eigenvalue weighted by Crippen LogP contribution is -2.39. The monoisotopic (exact) mass is 475 g/mol. The summed E-state index contributed by atoms with van der Waals surface area (Å²) < 4.78 is 8.26. The van der Waals surface area contributed by atoms with E-state index >= 15 is 0 Å². The molecule has 1 saturated heterocycles. The molecule has 34 heavy (non-hydrogen) atoms. The first-order valence-corrected chi connectivity index (χ1v) is 11.8. The number of imidazole rings is 1. The molecule has 0 radical (unpaired) electrons. The first-order valence-electron chi connectivity index (χ1n) is 11.4. The van der Waals surface area contributed by atoms with Crippen LogP contribution in [0.5, 0.6) is 5.75 Å². The molecule has 0 N–H and O–H groups in total. The van der Waals surface area contributed by atoms with Gasteiger partial charge in [-0.15, -0.1) is 0 Å². The number of ether oxygens (including phenoxy) is 1. The van der Waals surface area contributed by atoms with E-state index < -0.39 is 0 Å². The third kappa shape index (κ3) is 4.35. The number of pyridine rings is 2. The zero-order chi connectivity index (χ0) is 23.7. The second kappa shape index (κ2) is 9.43. The lowest BCUT2D eigenvalue weighted by atomic mass is 9.98. The maximum atomic E-state index is 12.6. The third-order valence-corrected chi connectivity index (χ3v) is 6.64. The number of hydrogen-bond acceptors (Lipinski definition) is 5. The van der Waals surface area contributed by atoms with E-state index in [0.29, 0.717) is 17.3 Å². The van der Waals surface area contributed by atoms with E-state index in [2.05, 4.69) is 9.97 Å². The largest absolute Gasteiger partial charge is 0.487 e. The third-order valence-electron chi connectivity index (χ3n) is 6.32. The average molecular weight is 476 g/mol. The number of benzene rings is 1. The zero-order valence-electron chi connectivity index (χ0n) is 19.2. The first kappa shape index (κ1) is 22.3. The van der Waals surface area contributed by atoms with Crippen molar-refractivity contribution in [1.82, 2.24) is 24.4 Å². The van der Waals surface area contributed by atoms with Crippen LogP contribution < -0.4 is 4.74 Å². The van der Waals surface area contributed by atoms with E-state index in [9.17, 15) is 4.79 Å². The number of piperidine rings is 1. The van der Waals surface area contributed by atoms with Gasteiger partial charge in [-0.1, -0.05) is 30.7 Å². The van der Waals surface area contributed by atoms with Crippen LogP contribution >= 0.6 is 11.6 Å². The van der Waals surface area contributed by atoms with Gasteiger partial charge in [-0.3, -0.25) is 9.78 Å². The van der Waals surface area contributed by atoms with Crippen LogP contribution in [0, 0.1) is 12.8 Å². The normalized spacial score (nSPS) is 16.3. The molecule has 174 valence electrons. The second-order valence-corrected chi connectivity index (χ2v) is 9.16. The van der Waals surface area contributed by atoms with Gasteiger partial charge in [0.1, 0.15) is 17.9 Å². The number of rotatable bonds is 6.